The van der Waals surface area contributed by atoms with Gasteiger partial charge in [0.25, 0.3) is 0 Å². The van der Waals surface area contributed by atoms with E-state index in [9.17, 15) is 8.42 Å². The van der Waals surface area contributed by atoms with Gasteiger partial charge in [-0.1, -0.05) is 0 Å². The van der Waals surface area contributed by atoms with E-state index < -0.39 is 10.0 Å². The third-order valence-corrected chi connectivity index (χ3v) is 5.91. The van der Waals surface area contributed by atoms with Crippen LogP contribution in [0.5, 0.6) is 5.75 Å². The summed E-state index contributed by atoms with van der Waals surface area (Å²) < 4.78 is 37.3. The van der Waals surface area contributed by atoms with Crippen LogP contribution >= 0.6 is 0 Å². The van der Waals surface area contributed by atoms with Crippen LogP contribution in [-0.2, 0) is 14.8 Å². The Kier molecular flexibility index (Phi) is 5.24. The molecule has 1 aliphatic rings. The maximum absolute atomic E-state index is 12.7. The summed E-state index contributed by atoms with van der Waals surface area (Å²) >= 11 is 0. The summed E-state index contributed by atoms with van der Waals surface area (Å²) in [5.41, 5.74) is 0.702. The summed E-state index contributed by atoms with van der Waals surface area (Å²) in [6.45, 7) is 3.77. The molecule has 21 heavy (non-hydrogen) atoms. The predicted octanol–water partition coefficient (Wildman–Crippen LogP) is 2.05. The Morgan fingerprint density at radius 1 is 1.33 bits per heavy atom. The van der Waals surface area contributed by atoms with Gasteiger partial charge in [0.1, 0.15) is 5.75 Å². The van der Waals surface area contributed by atoms with Gasteiger partial charge in [0.2, 0.25) is 10.0 Å². The Morgan fingerprint density at radius 3 is 2.57 bits per heavy atom. The number of hydrogen-bond donors (Lipinski definition) is 0. The van der Waals surface area contributed by atoms with Gasteiger partial charge >= 0.3 is 0 Å². The number of nitrogens with zero attached hydrogens (tertiary/aromatic N) is 1. The molecule has 0 saturated carbocycles. The van der Waals surface area contributed by atoms with Crippen LogP contribution in [0, 0.1) is 12.8 Å². The minimum Gasteiger partial charge on any atom is -0.497 e. The first-order chi connectivity index (χ1) is 9.95. The first-order valence-electron chi connectivity index (χ1n) is 7.14. The van der Waals surface area contributed by atoms with Crippen molar-refractivity contribution in [2.24, 2.45) is 5.92 Å². The van der Waals surface area contributed by atoms with Crippen molar-refractivity contribution in [2.75, 3.05) is 33.9 Å². The highest BCUT2D eigenvalue weighted by atomic mass is 32.2. The van der Waals surface area contributed by atoms with Crippen molar-refractivity contribution >= 4 is 10.0 Å². The Balaban J connectivity index is 2.16. The van der Waals surface area contributed by atoms with Crippen molar-refractivity contribution in [3.8, 4) is 5.75 Å². The van der Waals surface area contributed by atoms with Crippen molar-refractivity contribution in [3.05, 3.63) is 23.8 Å². The van der Waals surface area contributed by atoms with Crippen LogP contribution in [0.4, 0.5) is 0 Å². The average Bonchev–Trinajstić information content (AvgIpc) is 2.47. The van der Waals surface area contributed by atoms with Gasteiger partial charge in [0.15, 0.2) is 0 Å². The SMILES string of the molecule is COc1ccc(S(=O)(=O)N(C)CC2CCOCC2)c(C)c1. The van der Waals surface area contributed by atoms with E-state index in [-0.39, 0.29) is 0 Å². The molecular formula is C15H23NO4S. The van der Waals surface area contributed by atoms with E-state index >= 15 is 0 Å². The highest BCUT2D eigenvalue weighted by Crippen LogP contribution is 2.25. The molecule has 2 rings (SSSR count). The molecule has 0 unspecified atom stereocenters. The zero-order valence-electron chi connectivity index (χ0n) is 12.8. The summed E-state index contributed by atoms with van der Waals surface area (Å²) in [6, 6.07) is 5.04. The summed E-state index contributed by atoms with van der Waals surface area (Å²) in [7, 11) is -0.240. The summed E-state index contributed by atoms with van der Waals surface area (Å²) in [5.74, 6) is 1.04. The van der Waals surface area contributed by atoms with Gasteiger partial charge in [-0.3, -0.25) is 0 Å². The average molecular weight is 313 g/mol. The van der Waals surface area contributed by atoms with Gasteiger partial charge in [-0.05, 0) is 49.4 Å². The molecule has 1 saturated heterocycles. The molecule has 0 aliphatic carbocycles. The van der Waals surface area contributed by atoms with E-state index in [2.05, 4.69) is 0 Å². The van der Waals surface area contributed by atoms with Crippen LogP contribution in [0.15, 0.2) is 23.1 Å². The predicted molar refractivity (Wildman–Crippen MR) is 81.1 cm³/mol. The van der Waals surface area contributed by atoms with Crippen LogP contribution < -0.4 is 4.74 Å². The second-order valence-corrected chi connectivity index (χ2v) is 7.49. The van der Waals surface area contributed by atoms with E-state index in [0.717, 1.165) is 26.1 Å². The van der Waals surface area contributed by atoms with E-state index in [1.807, 2.05) is 0 Å². The van der Waals surface area contributed by atoms with E-state index in [4.69, 9.17) is 9.47 Å². The summed E-state index contributed by atoms with van der Waals surface area (Å²) in [4.78, 5) is 0.345. The molecule has 1 heterocycles. The molecule has 1 fully saturated rings. The van der Waals surface area contributed by atoms with Crippen molar-refractivity contribution in [1.82, 2.24) is 4.31 Å². The van der Waals surface area contributed by atoms with Crippen molar-refractivity contribution in [3.63, 3.8) is 0 Å². The van der Waals surface area contributed by atoms with Crippen molar-refractivity contribution in [1.29, 1.82) is 0 Å². The van der Waals surface area contributed by atoms with Crippen LogP contribution in [0.25, 0.3) is 0 Å². The number of methoxy groups -OCH3 is 1. The smallest absolute Gasteiger partial charge is 0.243 e. The highest BCUT2D eigenvalue weighted by Gasteiger charge is 2.26. The Morgan fingerprint density at radius 2 is 2.00 bits per heavy atom. The first kappa shape index (κ1) is 16.3. The fourth-order valence-electron chi connectivity index (χ4n) is 2.60. The minimum absolute atomic E-state index is 0.345. The zero-order chi connectivity index (χ0) is 15.5. The first-order valence-corrected chi connectivity index (χ1v) is 8.58. The maximum Gasteiger partial charge on any atom is 0.243 e. The lowest BCUT2D eigenvalue weighted by molar-refractivity contribution is 0.0620. The normalized spacial score (nSPS) is 17.1. The van der Waals surface area contributed by atoms with E-state index in [0.29, 0.717) is 28.7 Å². The number of ether oxygens (including phenoxy) is 2. The maximum atomic E-state index is 12.7. The van der Waals surface area contributed by atoms with Gasteiger partial charge in [-0.2, -0.15) is 0 Å². The largest absolute Gasteiger partial charge is 0.497 e. The van der Waals surface area contributed by atoms with Gasteiger partial charge in [-0.25, -0.2) is 12.7 Å². The topological polar surface area (TPSA) is 55.8 Å². The van der Waals surface area contributed by atoms with Crippen LogP contribution in [0.3, 0.4) is 0 Å². The lowest BCUT2D eigenvalue weighted by atomic mass is 10.0. The molecule has 1 aromatic rings. The minimum atomic E-state index is -3.46. The van der Waals surface area contributed by atoms with Crippen LogP contribution in [0.1, 0.15) is 18.4 Å². The van der Waals surface area contributed by atoms with E-state index in [1.54, 1.807) is 39.3 Å². The fraction of sp³-hybridized carbons (Fsp3) is 0.600. The third-order valence-electron chi connectivity index (χ3n) is 3.93. The van der Waals surface area contributed by atoms with Gasteiger partial charge in [-0.15, -0.1) is 0 Å². The number of aryl methyl sites for hydroxylation is 1. The molecule has 1 aliphatic heterocycles. The molecule has 5 nitrogen and oxygen atoms in total. The Labute approximate surface area is 126 Å². The van der Waals surface area contributed by atoms with Gasteiger partial charge in [0.05, 0.1) is 12.0 Å². The number of hydrogen-bond acceptors (Lipinski definition) is 4. The zero-order valence-corrected chi connectivity index (χ0v) is 13.6. The molecule has 6 heteroatoms. The molecule has 0 bridgehead atoms. The number of benzene rings is 1. The van der Waals surface area contributed by atoms with Crippen LogP contribution in [-0.4, -0.2) is 46.6 Å². The molecule has 118 valence electrons. The van der Waals surface area contributed by atoms with Crippen LogP contribution in [0.2, 0.25) is 0 Å². The number of sulfonamides is 1. The second-order valence-electron chi connectivity index (χ2n) is 5.47. The standard InChI is InChI=1S/C15H23NO4S/c1-12-10-14(19-3)4-5-15(12)21(17,18)16(2)11-13-6-8-20-9-7-13/h4-5,10,13H,6-9,11H2,1-3H3. The lowest BCUT2D eigenvalue weighted by Gasteiger charge is -2.27. The molecule has 0 N–H and O–H groups in total. The summed E-state index contributed by atoms with van der Waals surface area (Å²) in [5, 5.41) is 0. The molecule has 1 aromatic carbocycles. The van der Waals surface area contributed by atoms with Gasteiger partial charge in [0, 0.05) is 26.8 Å². The molecule has 0 radical (unpaired) electrons. The Bertz CT molecular complexity index is 579. The second kappa shape index (κ2) is 6.77. The third kappa shape index (κ3) is 3.75. The van der Waals surface area contributed by atoms with Crippen molar-refractivity contribution < 1.29 is 17.9 Å². The van der Waals surface area contributed by atoms with Crippen molar-refractivity contribution in [2.45, 2.75) is 24.7 Å². The highest BCUT2D eigenvalue weighted by molar-refractivity contribution is 7.89. The van der Waals surface area contributed by atoms with E-state index in [1.165, 1.54) is 4.31 Å². The molecule has 0 aromatic heterocycles. The molecule has 0 spiro atoms. The monoisotopic (exact) mass is 313 g/mol. The summed E-state index contributed by atoms with van der Waals surface area (Å²) in [6.07, 6.45) is 1.84. The molecule has 0 atom stereocenters. The molecular weight excluding hydrogens is 290 g/mol. The molecule has 0 amide bonds. The van der Waals surface area contributed by atoms with Gasteiger partial charge < -0.3 is 9.47 Å². The lowest BCUT2D eigenvalue weighted by Crippen LogP contribution is -2.34. The number of rotatable bonds is 5. The fourth-order valence-corrected chi connectivity index (χ4v) is 4.05. The quantitative estimate of drug-likeness (QED) is 0.835. The Hall–Kier alpha value is -1.11.